The Bertz CT molecular complexity index is 909. The van der Waals surface area contributed by atoms with Crippen molar-refractivity contribution in [2.45, 2.75) is 0 Å². The Morgan fingerprint density at radius 1 is 1.33 bits per heavy atom. The molecule has 0 amide bonds. The summed E-state index contributed by atoms with van der Waals surface area (Å²) in [6.07, 6.45) is 1.36. The lowest BCUT2D eigenvalue weighted by atomic mass is 10.1. The molecule has 0 atom stereocenters. The van der Waals surface area contributed by atoms with Gasteiger partial charge in [-0.1, -0.05) is 6.07 Å². The summed E-state index contributed by atoms with van der Waals surface area (Å²) in [5, 5.41) is 18.0. The van der Waals surface area contributed by atoms with Crippen LogP contribution in [0.25, 0.3) is 16.7 Å². The molecule has 0 saturated heterocycles. The number of fused-ring (bicyclic) bond motifs is 1. The Hall–Kier alpha value is -3.20. The van der Waals surface area contributed by atoms with E-state index in [2.05, 4.69) is 4.98 Å². The number of halogens is 1. The number of imidazole rings is 1. The fourth-order valence-electron chi connectivity index (χ4n) is 2.19. The quantitative estimate of drug-likeness (QED) is 0.783. The summed E-state index contributed by atoms with van der Waals surface area (Å²) in [5.41, 5.74) is 1.14. The Morgan fingerprint density at radius 2 is 2.14 bits per heavy atom. The maximum absolute atomic E-state index is 14.1. The van der Waals surface area contributed by atoms with Crippen LogP contribution in [-0.2, 0) is 0 Å². The van der Waals surface area contributed by atoms with Crippen molar-refractivity contribution < 1.29 is 14.3 Å². The smallest absolute Gasteiger partial charge is 0.337 e. The predicted octanol–water partition coefficient (Wildman–Crippen LogP) is 2.73. The van der Waals surface area contributed by atoms with Crippen LogP contribution in [0.15, 0.2) is 42.7 Å². The SMILES string of the molecule is N#Cc1ccc(-n2cnc3cccc(C(=O)O)c32)c(F)c1. The first-order valence-corrected chi connectivity index (χ1v) is 6.01. The van der Waals surface area contributed by atoms with Gasteiger partial charge >= 0.3 is 5.97 Å². The summed E-state index contributed by atoms with van der Waals surface area (Å²) in [5.74, 6) is -1.73. The normalized spacial score (nSPS) is 10.5. The second-order valence-electron chi connectivity index (χ2n) is 4.37. The van der Waals surface area contributed by atoms with Crippen LogP contribution in [0.5, 0.6) is 0 Å². The molecule has 0 saturated carbocycles. The number of rotatable bonds is 2. The Balaban J connectivity index is 2.31. The summed E-state index contributed by atoms with van der Waals surface area (Å²) >= 11 is 0. The Kier molecular flexibility index (Phi) is 2.88. The summed E-state index contributed by atoms with van der Waals surface area (Å²) in [6.45, 7) is 0. The van der Waals surface area contributed by atoms with E-state index in [0.717, 1.165) is 6.07 Å². The van der Waals surface area contributed by atoms with E-state index in [-0.39, 0.29) is 16.8 Å². The zero-order chi connectivity index (χ0) is 15.0. The number of carboxylic acids is 1. The first-order valence-electron chi connectivity index (χ1n) is 6.01. The molecule has 3 aromatic rings. The van der Waals surface area contributed by atoms with Gasteiger partial charge in [-0.3, -0.25) is 4.57 Å². The van der Waals surface area contributed by atoms with Crippen molar-refractivity contribution in [2.75, 3.05) is 0 Å². The van der Waals surface area contributed by atoms with Crippen LogP contribution in [-0.4, -0.2) is 20.6 Å². The highest BCUT2D eigenvalue weighted by Gasteiger charge is 2.16. The highest BCUT2D eigenvalue weighted by atomic mass is 19.1. The molecule has 21 heavy (non-hydrogen) atoms. The molecule has 2 aromatic carbocycles. The summed E-state index contributed by atoms with van der Waals surface area (Å²) < 4.78 is 15.5. The molecule has 0 bridgehead atoms. The Labute approximate surface area is 118 Å². The number of nitriles is 1. The zero-order valence-corrected chi connectivity index (χ0v) is 10.6. The van der Waals surface area contributed by atoms with Crippen molar-refractivity contribution in [1.29, 1.82) is 5.26 Å². The van der Waals surface area contributed by atoms with Crippen molar-refractivity contribution in [2.24, 2.45) is 0 Å². The van der Waals surface area contributed by atoms with Crippen molar-refractivity contribution >= 4 is 17.0 Å². The zero-order valence-electron chi connectivity index (χ0n) is 10.6. The number of para-hydroxylation sites is 1. The molecule has 1 N–H and O–H groups in total. The van der Waals surface area contributed by atoms with Gasteiger partial charge in [0.05, 0.1) is 33.9 Å². The summed E-state index contributed by atoms with van der Waals surface area (Å²) in [6, 6.07) is 10.5. The summed E-state index contributed by atoms with van der Waals surface area (Å²) in [7, 11) is 0. The monoisotopic (exact) mass is 281 g/mol. The van der Waals surface area contributed by atoms with Crippen LogP contribution in [0.1, 0.15) is 15.9 Å². The fraction of sp³-hybridized carbons (Fsp3) is 0. The van der Waals surface area contributed by atoms with E-state index >= 15 is 0 Å². The first kappa shape index (κ1) is 12.8. The molecule has 0 aliphatic heterocycles. The van der Waals surface area contributed by atoms with Crippen molar-refractivity contribution in [3.63, 3.8) is 0 Å². The molecule has 102 valence electrons. The minimum atomic E-state index is -1.11. The van der Waals surface area contributed by atoms with E-state index in [1.54, 1.807) is 12.1 Å². The third-order valence-electron chi connectivity index (χ3n) is 3.13. The molecule has 0 unspecified atom stereocenters. The number of benzene rings is 2. The van der Waals surface area contributed by atoms with E-state index in [1.165, 1.54) is 29.1 Å². The van der Waals surface area contributed by atoms with Crippen LogP contribution >= 0.6 is 0 Å². The average Bonchev–Trinajstić information content (AvgIpc) is 2.90. The second-order valence-corrected chi connectivity index (χ2v) is 4.37. The molecule has 0 aliphatic carbocycles. The topological polar surface area (TPSA) is 78.9 Å². The molecule has 0 radical (unpaired) electrons. The number of aromatic nitrogens is 2. The predicted molar refractivity (Wildman–Crippen MR) is 72.7 cm³/mol. The highest BCUT2D eigenvalue weighted by Crippen LogP contribution is 2.24. The number of nitrogens with zero attached hydrogens (tertiary/aromatic N) is 3. The molecule has 5 nitrogen and oxygen atoms in total. The standard InChI is InChI=1S/C15H8FN3O2/c16-11-6-9(7-17)4-5-13(11)19-8-18-12-3-1-2-10(14(12)19)15(20)21/h1-6,8H,(H,20,21). The number of hydrogen-bond donors (Lipinski definition) is 1. The van der Waals surface area contributed by atoms with Crippen LogP contribution in [0, 0.1) is 17.1 Å². The molecular formula is C15H8FN3O2. The van der Waals surface area contributed by atoms with Gasteiger partial charge in [-0.05, 0) is 30.3 Å². The molecular weight excluding hydrogens is 273 g/mol. The number of carbonyl (C=O) groups is 1. The van der Waals surface area contributed by atoms with Gasteiger partial charge in [-0.15, -0.1) is 0 Å². The third kappa shape index (κ3) is 2.01. The van der Waals surface area contributed by atoms with Gasteiger partial charge < -0.3 is 5.11 Å². The minimum Gasteiger partial charge on any atom is -0.478 e. The second kappa shape index (κ2) is 4.72. The van der Waals surface area contributed by atoms with Gasteiger partial charge in [0.25, 0.3) is 0 Å². The van der Waals surface area contributed by atoms with Crippen LogP contribution in [0.2, 0.25) is 0 Å². The average molecular weight is 281 g/mol. The Morgan fingerprint density at radius 3 is 2.81 bits per heavy atom. The minimum absolute atomic E-state index is 0.0359. The van der Waals surface area contributed by atoms with Gasteiger partial charge in [0, 0.05) is 0 Å². The van der Waals surface area contributed by atoms with E-state index in [4.69, 9.17) is 5.26 Å². The molecule has 3 rings (SSSR count). The van der Waals surface area contributed by atoms with Crippen molar-refractivity contribution in [3.05, 3.63) is 59.7 Å². The van der Waals surface area contributed by atoms with E-state index in [1.807, 2.05) is 6.07 Å². The fourth-order valence-corrected chi connectivity index (χ4v) is 2.19. The van der Waals surface area contributed by atoms with Gasteiger partial charge in [-0.25, -0.2) is 14.2 Å². The number of hydrogen-bond acceptors (Lipinski definition) is 3. The molecule has 0 fully saturated rings. The molecule has 1 heterocycles. The van der Waals surface area contributed by atoms with Crippen molar-refractivity contribution in [1.82, 2.24) is 9.55 Å². The molecule has 6 heteroatoms. The van der Waals surface area contributed by atoms with Gasteiger partial charge in [0.15, 0.2) is 0 Å². The molecule has 0 aliphatic rings. The van der Waals surface area contributed by atoms with Crippen LogP contribution < -0.4 is 0 Å². The number of aromatic carboxylic acids is 1. The largest absolute Gasteiger partial charge is 0.478 e. The van der Waals surface area contributed by atoms with Gasteiger partial charge in [0.1, 0.15) is 12.1 Å². The van der Waals surface area contributed by atoms with Crippen molar-refractivity contribution in [3.8, 4) is 11.8 Å². The lowest BCUT2D eigenvalue weighted by Crippen LogP contribution is -2.03. The lowest BCUT2D eigenvalue weighted by Gasteiger charge is -2.07. The van der Waals surface area contributed by atoms with E-state index in [0.29, 0.717) is 11.0 Å². The third-order valence-corrected chi connectivity index (χ3v) is 3.13. The number of carboxylic acid groups (broad SMARTS) is 1. The molecule has 1 aromatic heterocycles. The van der Waals surface area contributed by atoms with E-state index < -0.39 is 11.8 Å². The van der Waals surface area contributed by atoms with Gasteiger partial charge in [-0.2, -0.15) is 5.26 Å². The first-order chi connectivity index (χ1) is 10.1. The molecule has 0 spiro atoms. The van der Waals surface area contributed by atoms with Gasteiger partial charge in [0.2, 0.25) is 0 Å². The highest BCUT2D eigenvalue weighted by molar-refractivity contribution is 6.01. The summed E-state index contributed by atoms with van der Waals surface area (Å²) in [4.78, 5) is 15.4. The van der Waals surface area contributed by atoms with E-state index in [9.17, 15) is 14.3 Å². The maximum Gasteiger partial charge on any atom is 0.337 e. The van der Waals surface area contributed by atoms with Crippen LogP contribution in [0.4, 0.5) is 4.39 Å². The van der Waals surface area contributed by atoms with Crippen LogP contribution in [0.3, 0.4) is 0 Å². The lowest BCUT2D eigenvalue weighted by molar-refractivity contribution is 0.0698. The maximum atomic E-state index is 14.1.